The number of anilines is 3. The van der Waals surface area contributed by atoms with Gasteiger partial charge in [-0.1, -0.05) is 15.9 Å². The maximum atomic E-state index is 4.71. The third-order valence-electron chi connectivity index (χ3n) is 3.96. The lowest BCUT2D eigenvalue weighted by molar-refractivity contribution is 0.573. The highest BCUT2D eigenvalue weighted by Gasteiger charge is 2.14. The summed E-state index contributed by atoms with van der Waals surface area (Å²) in [5.41, 5.74) is 3.20. The first kappa shape index (κ1) is 15.3. The lowest BCUT2D eigenvalue weighted by Crippen LogP contribution is -2.30. The Morgan fingerprint density at radius 1 is 1.05 bits per heavy atom. The van der Waals surface area contributed by atoms with Crippen molar-refractivity contribution in [2.45, 2.75) is 33.1 Å². The molecule has 0 saturated carbocycles. The lowest BCUT2D eigenvalue weighted by Gasteiger charge is -2.28. The molecule has 1 aliphatic heterocycles. The summed E-state index contributed by atoms with van der Waals surface area (Å²) in [7, 11) is 0. The molecule has 1 aromatic heterocycles. The second-order valence-electron chi connectivity index (χ2n) is 5.82. The van der Waals surface area contributed by atoms with Gasteiger partial charge >= 0.3 is 0 Å². The number of aromatic nitrogens is 2. The number of nitrogens with zero attached hydrogens (tertiary/aromatic N) is 3. The molecular weight excluding hydrogens is 340 g/mol. The van der Waals surface area contributed by atoms with E-state index < -0.39 is 0 Å². The first-order valence-corrected chi connectivity index (χ1v) is 8.55. The smallest absolute Gasteiger partial charge is 0.229 e. The van der Waals surface area contributed by atoms with Crippen LogP contribution in [0.4, 0.5) is 17.5 Å². The number of hydrogen-bond acceptors (Lipinski definition) is 4. The molecule has 3 rings (SSSR count). The average molecular weight is 361 g/mol. The molecule has 0 aliphatic carbocycles. The fourth-order valence-electron chi connectivity index (χ4n) is 2.78. The monoisotopic (exact) mass is 360 g/mol. The normalized spacial score (nSPS) is 15.0. The standard InChI is InChI=1S/C17H21BrN4/c1-12-10-14(18)6-7-15(12)20-17-19-13(2)11-16(21-17)22-8-4-3-5-9-22/h6-7,10-11H,3-5,8-9H2,1-2H3,(H,19,20,21). The molecule has 1 fully saturated rings. The Morgan fingerprint density at radius 3 is 2.55 bits per heavy atom. The zero-order valence-corrected chi connectivity index (χ0v) is 14.7. The van der Waals surface area contributed by atoms with Gasteiger partial charge in [-0.15, -0.1) is 0 Å². The van der Waals surface area contributed by atoms with Gasteiger partial charge in [-0.05, 0) is 56.9 Å². The van der Waals surface area contributed by atoms with E-state index in [1.54, 1.807) is 0 Å². The lowest BCUT2D eigenvalue weighted by atomic mass is 10.1. The fourth-order valence-corrected chi connectivity index (χ4v) is 3.26. The second-order valence-corrected chi connectivity index (χ2v) is 6.74. The van der Waals surface area contributed by atoms with Crippen molar-refractivity contribution in [3.8, 4) is 0 Å². The highest BCUT2D eigenvalue weighted by molar-refractivity contribution is 9.10. The number of aryl methyl sites for hydroxylation is 2. The molecule has 2 aromatic rings. The second kappa shape index (κ2) is 6.65. The van der Waals surface area contributed by atoms with Crippen LogP contribution < -0.4 is 10.2 Å². The third kappa shape index (κ3) is 3.58. The summed E-state index contributed by atoms with van der Waals surface area (Å²) in [6.07, 6.45) is 3.82. The summed E-state index contributed by atoms with van der Waals surface area (Å²) in [4.78, 5) is 11.6. The predicted molar refractivity (Wildman–Crippen MR) is 95.0 cm³/mol. The molecule has 116 valence electrons. The van der Waals surface area contributed by atoms with Crippen molar-refractivity contribution in [1.82, 2.24) is 9.97 Å². The number of nitrogens with one attached hydrogen (secondary N) is 1. The topological polar surface area (TPSA) is 41.1 Å². The van der Waals surface area contributed by atoms with E-state index in [0.29, 0.717) is 5.95 Å². The summed E-state index contributed by atoms with van der Waals surface area (Å²) < 4.78 is 1.08. The summed E-state index contributed by atoms with van der Waals surface area (Å²) >= 11 is 3.49. The molecule has 0 amide bonds. The molecule has 22 heavy (non-hydrogen) atoms. The Bertz CT molecular complexity index is 666. The molecule has 0 spiro atoms. The average Bonchev–Trinajstić information content (AvgIpc) is 2.50. The molecule has 1 aliphatic rings. The van der Waals surface area contributed by atoms with Gasteiger partial charge in [0, 0.05) is 35.0 Å². The fraction of sp³-hybridized carbons (Fsp3) is 0.412. The summed E-state index contributed by atoms with van der Waals surface area (Å²) in [5, 5.41) is 3.35. The highest BCUT2D eigenvalue weighted by atomic mass is 79.9. The van der Waals surface area contributed by atoms with Gasteiger partial charge in [-0.3, -0.25) is 0 Å². The van der Waals surface area contributed by atoms with E-state index >= 15 is 0 Å². The number of hydrogen-bond donors (Lipinski definition) is 1. The minimum absolute atomic E-state index is 0.672. The maximum absolute atomic E-state index is 4.71. The van der Waals surface area contributed by atoms with Crippen molar-refractivity contribution in [3.63, 3.8) is 0 Å². The largest absolute Gasteiger partial charge is 0.356 e. The summed E-state index contributed by atoms with van der Waals surface area (Å²) in [5.74, 6) is 1.70. The SMILES string of the molecule is Cc1cc(N2CCCCC2)nc(Nc2ccc(Br)cc2C)n1. The quantitative estimate of drug-likeness (QED) is 0.868. The van der Waals surface area contributed by atoms with E-state index in [4.69, 9.17) is 4.98 Å². The van der Waals surface area contributed by atoms with Crippen LogP contribution in [0.2, 0.25) is 0 Å². The van der Waals surface area contributed by atoms with E-state index in [-0.39, 0.29) is 0 Å². The molecular formula is C17H21BrN4. The highest BCUT2D eigenvalue weighted by Crippen LogP contribution is 2.24. The molecule has 1 aromatic carbocycles. The Kier molecular flexibility index (Phi) is 4.62. The van der Waals surface area contributed by atoms with E-state index in [9.17, 15) is 0 Å². The van der Waals surface area contributed by atoms with Crippen LogP contribution in [0.3, 0.4) is 0 Å². The molecule has 2 heterocycles. The van der Waals surface area contributed by atoms with Gasteiger partial charge in [0.2, 0.25) is 5.95 Å². The summed E-state index contributed by atoms with van der Waals surface area (Å²) in [6, 6.07) is 8.23. The Hall–Kier alpha value is -1.62. The van der Waals surface area contributed by atoms with Crippen LogP contribution in [0.1, 0.15) is 30.5 Å². The van der Waals surface area contributed by atoms with Crippen LogP contribution in [0.5, 0.6) is 0 Å². The number of rotatable bonds is 3. The molecule has 5 heteroatoms. The van der Waals surface area contributed by atoms with E-state index in [0.717, 1.165) is 34.8 Å². The van der Waals surface area contributed by atoms with E-state index in [2.05, 4.69) is 50.2 Å². The third-order valence-corrected chi connectivity index (χ3v) is 4.45. The van der Waals surface area contributed by atoms with Crippen molar-refractivity contribution in [2.24, 2.45) is 0 Å². The molecule has 0 radical (unpaired) electrons. The van der Waals surface area contributed by atoms with Gasteiger partial charge < -0.3 is 10.2 Å². The Balaban J connectivity index is 1.85. The molecule has 1 saturated heterocycles. The van der Waals surface area contributed by atoms with Crippen LogP contribution in [0.15, 0.2) is 28.7 Å². The molecule has 4 nitrogen and oxygen atoms in total. The van der Waals surface area contributed by atoms with Crippen LogP contribution in [-0.4, -0.2) is 23.1 Å². The van der Waals surface area contributed by atoms with Gasteiger partial charge in [0.15, 0.2) is 0 Å². The minimum atomic E-state index is 0.672. The van der Waals surface area contributed by atoms with Gasteiger partial charge in [0.05, 0.1) is 0 Å². The van der Waals surface area contributed by atoms with Crippen molar-refractivity contribution in [1.29, 1.82) is 0 Å². The zero-order valence-electron chi connectivity index (χ0n) is 13.1. The molecule has 0 bridgehead atoms. The van der Waals surface area contributed by atoms with Gasteiger partial charge in [0.1, 0.15) is 5.82 Å². The van der Waals surface area contributed by atoms with E-state index in [1.165, 1.54) is 24.8 Å². The predicted octanol–water partition coefficient (Wildman–Crippen LogP) is 4.59. The van der Waals surface area contributed by atoms with E-state index in [1.807, 2.05) is 19.1 Å². The first-order chi connectivity index (χ1) is 10.6. The van der Waals surface area contributed by atoms with Gasteiger partial charge in [-0.2, -0.15) is 4.98 Å². The van der Waals surface area contributed by atoms with Crippen LogP contribution in [0.25, 0.3) is 0 Å². The van der Waals surface area contributed by atoms with Crippen molar-refractivity contribution >= 4 is 33.4 Å². The van der Waals surface area contributed by atoms with Crippen LogP contribution in [-0.2, 0) is 0 Å². The van der Waals surface area contributed by atoms with Crippen molar-refractivity contribution in [3.05, 3.63) is 40.0 Å². The first-order valence-electron chi connectivity index (χ1n) is 7.75. The number of piperidine rings is 1. The molecule has 1 N–H and O–H groups in total. The Morgan fingerprint density at radius 2 is 1.82 bits per heavy atom. The maximum Gasteiger partial charge on any atom is 0.229 e. The summed E-state index contributed by atoms with van der Waals surface area (Å²) in [6.45, 7) is 6.28. The zero-order chi connectivity index (χ0) is 15.5. The van der Waals surface area contributed by atoms with Crippen molar-refractivity contribution < 1.29 is 0 Å². The molecule has 0 atom stereocenters. The van der Waals surface area contributed by atoms with Gasteiger partial charge in [0.25, 0.3) is 0 Å². The van der Waals surface area contributed by atoms with Crippen LogP contribution >= 0.6 is 15.9 Å². The number of halogens is 1. The van der Waals surface area contributed by atoms with Crippen LogP contribution in [0, 0.1) is 13.8 Å². The number of benzene rings is 1. The van der Waals surface area contributed by atoms with Gasteiger partial charge in [-0.25, -0.2) is 4.98 Å². The Labute approximate surface area is 140 Å². The molecule has 0 unspecified atom stereocenters. The minimum Gasteiger partial charge on any atom is -0.356 e. The van der Waals surface area contributed by atoms with Crippen molar-refractivity contribution in [2.75, 3.05) is 23.3 Å².